The summed E-state index contributed by atoms with van der Waals surface area (Å²) in [6.07, 6.45) is 2.70. The molecular formula is C23H23N5O2S3. The number of fused-ring (bicyclic) bond motifs is 1. The van der Waals surface area contributed by atoms with Gasteiger partial charge in [-0.15, -0.1) is 10.2 Å². The van der Waals surface area contributed by atoms with E-state index in [-0.39, 0.29) is 11.5 Å². The predicted octanol–water partition coefficient (Wildman–Crippen LogP) is 5.40. The first-order valence-corrected chi connectivity index (χ1v) is 12.8. The summed E-state index contributed by atoms with van der Waals surface area (Å²) in [6, 6.07) is 17.5. The van der Waals surface area contributed by atoms with Gasteiger partial charge >= 0.3 is 0 Å². The van der Waals surface area contributed by atoms with Crippen LogP contribution in [0, 0.1) is 4.77 Å². The summed E-state index contributed by atoms with van der Waals surface area (Å²) in [5, 5.41) is 12.2. The lowest BCUT2D eigenvalue weighted by Crippen LogP contribution is -2.22. The molecule has 4 rings (SSSR count). The molecule has 2 aromatic heterocycles. The van der Waals surface area contributed by atoms with Crippen molar-refractivity contribution in [2.24, 2.45) is 0 Å². The van der Waals surface area contributed by atoms with Crippen LogP contribution >= 0.6 is 35.3 Å². The van der Waals surface area contributed by atoms with E-state index in [1.54, 1.807) is 22.4 Å². The minimum Gasteiger partial charge on any atom is -0.332 e. The summed E-state index contributed by atoms with van der Waals surface area (Å²) >= 11 is 8.32. The Hall–Kier alpha value is -2.82. The van der Waals surface area contributed by atoms with Gasteiger partial charge in [0, 0.05) is 18.7 Å². The van der Waals surface area contributed by atoms with Gasteiger partial charge in [-0.1, -0.05) is 72.0 Å². The molecule has 10 heteroatoms. The van der Waals surface area contributed by atoms with Crippen molar-refractivity contribution in [3.8, 4) is 0 Å². The molecule has 33 heavy (non-hydrogen) atoms. The van der Waals surface area contributed by atoms with Crippen LogP contribution in [0.4, 0.5) is 5.13 Å². The summed E-state index contributed by atoms with van der Waals surface area (Å²) in [6.45, 7) is 0.527. The van der Waals surface area contributed by atoms with Crippen molar-refractivity contribution >= 4 is 57.3 Å². The van der Waals surface area contributed by atoms with Gasteiger partial charge in [0.1, 0.15) is 0 Å². The molecule has 170 valence electrons. The van der Waals surface area contributed by atoms with E-state index in [4.69, 9.17) is 12.2 Å². The fourth-order valence-corrected chi connectivity index (χ4v) is 5.36. The molecule has 0 aliphatic heterocycles. The van der Waals surface area contributed by atoms with Gasteiger partial charge < -0.3 is 10.3 Å². The molecule has 0 unspecified atom stereocenters. The SMILES string of the molecule is O=C(CCCCCn1c(=S)[nH]c2ccccc2c1=O)Nc1nnc(SCc2ccccc2)s1. The average molecular weight is 498 g/mol. The zero-order valence-electron chi connectivity index (χ0n) is 17.8. The second kappa shape index (κ2) is 11.4. The van der Waals surface area contributed by atoms with Gasteiger partial charge in [0.15, 0.2) is 9.11 Å². The maximum Gasteiger partial charge on any atom is 0.262 e. The minimum atomic E-state index is -0.0794. The molecule has 2 heterocycles. The molecule has 0 saturated heterocycles. The monoisotopic (exact) mass is 497 g/mol. The van der Waals surface area contributed by atoms with Crippen molar-refractivity contribution in [2.75, 3.05) is 5.32 Å². The highest BCUT2D eigenvalue weighted by Crippen LogP contribution is 2.28. The Morgan fingerprint density at radius 1 is 1.06 bits per heavy atom. The molecule has 2 N–H and O–H groups in total. The van der Waals surface area contributed by atoms with Crippen molar-refractivity contribution < 1.29 is 4.79 Å². The lowest BCUT2D eigenvalue weighted by Gasteiger charge is -2.08. The number of aromatic amines is 1. The molecule has 0 bridgehead atoms. The van der Waals surface area contributed by atoms with Crippen LogP contribution in [0.25, 0.3) is 10.9 Å². The Balaban J connectivity index is 1.19. The number of hydrogen-bond donors (Lipinski definition) is 2. The second-order valence-electron chi connectivity index (χ2n) is 7.44. The number of unbranched alkanes of at least 4 members (excludes halogenated alkanes) is 2. The third-order valence-electron chi connectivity index (χ3n) is 5.03. The summed E-state index contributed by atoms with van der Waals surface area (Å²) in [4.78, 5) is 28.0. The van der Waals surface area contributed by atoms with Crippen LogP contribution in [0.2, 0.25) is 0 Å². The fourth-order valence-electron chi connectivity index (χ4n) is 3.35. The van der Waals surface area contributed by atoms with Gasteiger partial charge in [0.2, 0.25) is 11.0 Å². The van der Waals surface area contributed by atoms with Gasteiger partial charge in [-0.3, -0.25) is 14.2 Å². The Labute approximate surface area is 204 Å². The summed E-state index contributed by atoms with van der Waals surface area (Å²) in [7, 11) is 0. The van der Waals surface area contributed by atoms with Crippen molar-refractivity contribution in [2.45, 2.75) is 42.3 Å². The number of amides is 1. The zero-order valence-corrected chi connectivity index (χ0v) is 20.3. The average Bonchev–Trinajstić information content (AvgIpc) is 3.27. The van der Waals surface area contributed by atoms with Crippen LogP contribution in [-0.4, -0.2) is 25.7 Å². The van der Waals surface area contributed by atoms with Crippen LogP contribution in [0.5, 0.6) is 0 Å². The first-order chi connectivity index (χ1) is 16.1. The van der Waals surface area contributed by atoms with E-state index in [9.17, 15) is 9.59 Å². The Bertz CT molecular complexity index is 1350. The Morgan fingerprint density at radius 2 is 1.85 bits per heavy atom. The maximum absolute atomic E-state index is 12.7. The molecule has 0 radical (unpaired) electrons. The van der Waals surface area contributed by atoms with Crippen LogP contribution in [0.3, 0.4) is 0 Å². The van der Waals surface area contributed by atoms with Crippen LogP contribution in [0.15, 0.2) is 63.7 Å². The summed E-state index contributed by atoms with van der Waals surface area (Å²) in [5.74, 6) is 0.735. The molecule has 0 aliphatic carbocycles. The molecule has 2 aromatic carbocycles. The van der Waals surface area contributed by atoms with E-state index in [1.165, 1.54) is 16.9 Å². The van der Waals surface area contributed by atoms with Crippen molar-refractivity contribution in [1.29, 1.82) is 0 Å². The fraction of sp³-hybridized carbons (Fsp3) is 0.261. The van der Waals surface area contributed by atoms with E-state index in [2.05, 4.69) is 32.6 Å². The lowest BCUT2D eigenvalue weighted by atomic mass is 10.2. The van der Waals surface area contributed by atoms with E-state index in [0.29, 0.717) is 28.3 Å². The minimum absolute atomic E-state index is 0.0778. The number of thioether (sulfide) groups is 1. The molecule has 0 spiro atoms. The third-order valence-corrected chi connectivity index (χ3v) is 7.40. The highest BCUT2D eigenvalue weighted by molar-refractivity contribution is 8.00. The van der Waals surface area contributed by atoms with E-state index in [1.807, 2.05) is 36.4 Å². The van der Waals surface area contributed by atoms with Gasteiger partial charge in [-0.05, 0) is 42.8 Å². The lowest BCUT2D eigenvalue weighted by molar-refractivity contribution is -0.116. The first-order valence-electron chi connectivity index (χ1n) is 10.6. The zero-order chi connectivity index (χ0) is 23.0. The van der Waals surface area contributed by atoms with Crippen LogP contribution in [0.1, 0.15) is 31.2 Å². The van der Waals surface area contributed by atoms with Gasteiger partial charge in [0.05, 0.1) is 10.9 Å². The van der Waals surface area contributed by atoms with Gasteiger partial charge in [0.25, 0.3) is 5.56 Å². The van der Waals surface area contributed by atoms with Gasteiger partial charge in [-0.2, -0.15) is 0 Å². The number of carbonyl (C=O) groups is 1. The number of rotatable bonds is 10. The highest BCUT2D eigenvalue weighted by atomic mass is 32.2. The normalized spacial score (nSPS) is 11.0. The quantitative estimate of drug-likeness (QED) is 0.132. The number of hydrogen-bond acceptors (Lipinski definition) is 7. The Kier molecular flexibility index (Phi) is 8.03. The van der Waals surface area contributed by atoms with E-state index < -0.39 is 0 Å². The van der Waals surface area contributed by atoms with Crippen molar-refractivity contribution in [1.82, 2.24) is 19.7 Å². The summed E-state index contributed by atoms with van der Waals surface area (Å²) in [5.41, 5.74) is 1.89. The number of anilines is 1. The summed E-state index contributed by atoms with van der Waals surface area (Å²) < 4.78 is 2.84. The second-order valence-corrected chi connectivity index (χ2v) is 10.0. The first kappa shape index (κ1) is 23.3. The molecule has 0 fully saturated rings. The van der Waals surface area contributed by atoms with E-state index in [0.717, 1.165) is 34.9 Å². The smallest absolute Gasteiger partial charge is 0.262 e. The standard InChI is InChI=1S/C23H23N5O2S3/c29-19(25-21-26-27-23(33-21)32-15-16-9-3-1-4-10-16)13-5-2-8-14-28-20(30)17-11-6-7-12-18(17)24-22(28)31/h1,3-4,6-7,9-12H,2,5,8,13-15H2,(H,24,31)(H,25,26,29). The number of benzene rings is 2. The molecular weight excluding hydrogens is 474 g/mol. The Morgan fingerprint density at radius 3 is 2.70 bits per heavy atom. The molecule has 0 atom stereocenters. The highest BCUT2D eigenvalue weighted by Gasteiger charge is 2.09. The third kappa shape index (κ3) is 6.37. The molecule has 0 saturated carbocycles. The van der Waals surface area contributed by atoms with Crippen molar-refractivity contribution in [3.63, 3.8) is 0 Å². The largest absolute Gasteiger partial charge is 0.332 e. The number of nitrogens with zero attached hydrogens (tertiary/aromatic N) is 3. The number of carbonyl (C=O) groups excluding carboxylic acids is 1. The number of nitrogens with one attached hydrogen (secondary N) is 2. The number of para-hydroxylation sites is 1. The maximum atomic E-state index is 12.7. The molecule has 4 aromatic rings. The van der Waals surface area contributed by atoms with Crippen LogP contribution in [-0.2, 0) is 17.1 Å². The van der Waals surface area contributed by atoms with E-state index >= 15 is 0 Å². The molecule has 0 aliphatic rings. The van der Waals surface area contributed by atoms with Gasteiger partial charge in [-0.25, -0.2) is 0 Å². The molecule has 1 amide bonds. The molecule has 7 nitrogen and oxygen atoms in total. The van der Waals surface area contributed by atoms with Crippen LogP contribution < -0.4 is 10.9 Å². The number of aromatic nitrogens is 4. The van der Waals surface area contributed by atoms with Crippen molar-refractivity contribution in [3.05, 3.63) is 75.3 Å². The predicted molar refractivity (Wildman–Crippen MR) is 136 cm³/mol. The number of H-pyrrole nitrogens is 1. The topological polar surface area (TPSA) is 92.7 Å².